The molecule has 3 nitrogen and oxygen atoms in total. The third kappa shape index (κ3) is 3.32. The fraction of sp³-hybridized carbons (Fsp3) is 0.143. The van der Waals surface area contributed by atoms with Crippen LogP contribution >= 0.6 is 39.1 Å². The van der Waals surface area contributed by atoms with Crippen LogP contribution in [-0.4, -0.2) is 10.9 Å². The van der Waals surface area contributed by atoms with Crippen molar-refractivity contribution in [1.82, 2.24) is 4.98 Å². The van der Waals surface area contributed by atoms with Crippen molar-refractivity contribution in [2.24, 2.45) is 0 Å². The zero-order chi connectivity index (χ0) is 14.9. The topological polar surface area (TPSA) is 42.0 Å². The van der Waals surface area contributed by atoms with E-state index in [4.69, 9.17) is 23.2 Å². The van der Waals surface area contributed by atoms with Crippen LogP contribution in [0.25, 0.3) is 0 Å². The standard InChI is InChI=1S/C14H11BrCl2N2O/c1-7-3-4-10(15)9(5-7)14(20)19-12-8(2)6-11(16)18-13(12)17/h3-6H,1-2H3,(H,19,20). The summed E-state index contributed by atoms with van der Waals surface area (Å²) in [5.41, 5.74) is 2.76. The molecule has 0 aliphatic heterocycles. The molecule has 0 spiro atoms. The number of halogens is 3. The molecular weight excluding hydrogens is 363 g/mol. The average molecular weight is 374 g/mol. The van der Waals surface area contributed by atoms with E-state index >= 15 is 0 Å². The lowest BCUT2D eigenvalue weighted by Crippen LogP contribution is -2.14. The first-order chi connectivity index (χ1) is 9.38. The first kappa shape index (κ1) is 15.3. The van der Waals surface area contributed by atoms with E-state index in [-0.39, 0.29) is 11.1 Å². The monoisotopic (exact) mass is 372 g/mol. The van der Waals surface area contributed by atoms with E-state index in [1.807, 2.05) is 19.1 Å². The Kier molecular flexibility index (Phi) is 4.68. The van der Waals surface area contributed by atoms with E-state index in [0.717, 1.165) is 15.6 Å². The Balaban J connectivity index is 2.35. The van der Waals surface area contributed by atoms with Gasteiger partial charge in [0.2, 0.25) is 0 Å². The molecule has 20 heavy (non-hydrogen) atoms. The van der Waals surface area contributed by atoms with Crippen LogP contribution in [-0.2, 0) is 0 Å². The number of amides is 1. The second-order valence-electron chi connectivity index (χ2n) is 4.37. The summed E-state index contributed by atoms with van der Waals surface area (Å²) in [5.74, 6) is -0.255. The summed E-state index contributed by atoms with van der Waals surface area (Å²) in [6, 6.07) is 7.20. The Morgan fingerprint density at radius 1 is 1.25 bits per heavy atom. The normalized spacial score (nSPS) is 10.4. The van der Waals surface area contributed by atoms with Gasteiger partial charge in [0, 0.05) is 4.47 Å². The minimum absolute atomic E-state index is 0.173. The van der Waals surface area contributed by atoms with Crippen molar-refractivity contribution in [2.45, 2.75) is 13.8 Å². The highest BCUT2D eigenvalue weighted by atomic mass is 79.9. The highest BCUT2D eigenvalue weighted by Crippen LogP contribution is 2.28. The van der Waals surface area contributed by atoms with Crippen molar-refractivity contribution in [2.75, 3.05) is 5.32 Å². The number of benzene rings is 1. The largest absolute Gasteiger partial charge is 0.319 e. The fourth-order valence-corrected chi connectivity index (χ4v) is 2.75. The van der Waals surface area contributed by atoms with Crippen molar-refractivity contribution < 1.29 is 4.79 Å². The lowest BCUT2D eigenvalue weighted by molar-refractivity contribution is 0.102. The molecule has 0 unspecified atom stereocenters. The highest BCUT2D eigenvalue weighted by Gasteiger charge is 2.15. The number of carbonyl (C=O) groups excluding carboxylic acids is 1. The summed E-state index contributed by atoms with van der Waals surface area (Å²) < 4.78 is 0.719. The molecule has 1 amide bonds. The highest BCUT2D eigenvalue weighted by molar-refractivity contribution is 9.10. The third-order valence-corrected chi connectivity index (χ3v) is 3.90. The Morgan fingerprint density at radius 2 is 1.95 bits per heavy atom. The first-order valence-corrected chi connectivity index (χ1v) is 7.33. The van der Waals surface area contributed by atoms with Crippen LogP contribution in [0.4, 0.5) is 5.69 Å². The van der Waals surface area contributed by atoms with Gasteiger partial charge < -0.3 is 5.32 Å². The molecule has 0 saturated carbocycles. The van der Waals surface area contributed by atoms with Gasteiger partial charge in [-0.15, -0.1) is 0 Å². The molecule has 2 aromatic rings. The number of hydrogen-bond acceptors (Lipinski definition) is 2. The Labute approximate surface area is 135 Å². The smallest absolute Gasteiger partial charge is 0.256 e. The Morgan fingerprint density at radius 3 is 2.60 bits per heavy atom. The summed E-state index contributed by atoms with van der Waals surface area (Å²) in [7, 11) is 0. The maximum atomic E-state index is 12.3. The molecule has 0 radical (unpaired) electrons. The molecule has 1 heterocycles. The number of aromatic nitrogens is 1. The van der Waals surface area contributed by atoms with Crippen molar-refractivity contribution in [3.63, 3.8) is 0 Å². The maximum absolute atomic E-state index is 12.3. The predicted molar refractivity (Wildman–Crippen MR) is 85.8 cm³/mol. The number of nitrogens with one attached hydrogen (secondary N) is 1. The van der Waals surface area contributed by atoms with E-state index in [1.165, 1.54) is 0 Å². The van der Waals surface area contributed by atoms with Gasteiger partial charge in [0.1, 0.15) is 5.15 Å². The Hall–Kier alpha value is -1.10. The quantitative estimate of drug-likeness (QED) is 0.751. The van der Waals surface area contributed by atoms with Crippen LogP contribution in [0.5, 0.6) is 0 Å². The number of hydrogen-bond donors (Lipinski definition) is 1. The number of carbonyl (C=O) groups is 1. The van der Waals surface area contributed by atoms with E-state index in [0.29, 0.717) is 16.4 Å². The van der Waals surface area contributed by atoms with Crippen LogP contribution in [0.1, 0.15) is 21.5 Å². The lowest BCUT2D eigenvalue weighted by Gasteiger charge is -2.11. The van der Waals surface area contributed by atoms with E-state index in [1.54, 1.807) is 19.1 Å². The van der Waals surface area contributed by atoms with Gasteiger partial charge in [-0.2, -0.15) is 0 Å². The van der Waals surface area contributed by atoms with Gasteiger partial charge in [0.15, 0.2) is 5.15 Å². The molecule has 0 aliphatic carbocycles. The summed E-state index contributed by atoms with van der Waals surface area (Å²) >= 11 is 15.2. The number of nitrogens with zero attached hydrogens (tertiary/aromatic N) is 1. The number of aryl methyl sites for hydroxylation is 2. The number of pyridine rings is 1. The average Bonchev–Trinajstić information content (AvgIpc) is 2.36. The molecule has 2 rings (SSSR count). The SMILES string of the molecule is Cc1ccc(Br)c(C(=O)Nc2c(C)cc(Cl)nc2Cl)c1. The van der Waals surface area contributed by atoms with Gasteiger partial charge >= 0.3 is 0 Å². The molecule has 1 aromatic carbocycles. The Bertz CT molecular complexity index is 666. The lowest BCUT2D eigenvalue weighted by atomic mass is 10.1. The molecule has 6 heteroatoms. The summed E-state index contributed by atoms with van der Waals surface area (Å²) in [6.45, 7) is 3.73. The van der Waals surface area contributed by atoms with Gasteiger partial charge in [-0.3, -0.25) is 4.79 Å². The van der Waals surface area contributed by atoms with Gasteiger partial charge in [-0.1, -0.05) is 34.8 Å². The zero-order valence-electron chi connectivity index (χ0n) is 10.8. The maximum Gasteiger partial charge on any atom is 0.256 e. The van der Waals surface area contributed by atoms with Crippen LogP contribution in [0.15, 0.2) is 28.7 Å². The molecular formula is C14H11BrCl2N2O. The van der Waals surface area contributed by atoms with Crippen molar-refractivity contribution in [3.05, 3.63) is 55.7 Å². The van der Waals surface area contributed by atoms with Gasteiger partial charge in [-0.25, -0.2) is 4.98 Å². The molecule has 0 atom stereocenters. The van der Waals surface area contributed by atoms with E-state index < -0.39 is 0 Å². The van der Waals surface area contributed by atoms with Crippen LogP contribution in [0.3, 0.4) is 0 Å². The van der Waals surface area contributed by atoms with Crippen molar-refractivity contribution in [3.8, 4) is 0 Å². The summed E-state index contributed by atoms with van der Waals surface area (Å²) in [5, 5.41) is 3.24. The molecule has 1 N–H and O–H groups in total. The second kappa shape index (κ2) is 6.12. The third-order valence-electron chi connectivity index (χ3n) is 2.75. The summed E-state index contributed by atoms with van der Waals surface area (Å²) in [6.07, 6.45) is 0. The minimum Gasteiger partial charge on any atom is -0.319 e. The summed E-state index contributed by atoms with van der Waals surface area (Å²) in [4.78, 5) is 16.2. The predicted octanol–water partition coefficient (Wildman–Crippen LogP) is 5.02. The molecule has 104 valence electrons. The number of rotatable bonds is 2. The molecule has 0 saturated heterocycles. The van der Waals surface area contributed by atoms with Crippen LogP contribution in [0.2, 0.25) is 10.3 Å². The molecule has 0 fully saturated rings. The van der Waals surface area contributed by atoms with E-state index in [9.17, 15) is 4.79 Å². The minimum atomic E-state index is -0.255. The van der Waals surface area contributed by atoms with Crippen LogP contribution in [0, 0.1) is 13.8 Å². The zero-order valence-corrected chi connectivity index (χ0v) is 13.9. The van der Waals surface area contributed by atoms with Gasteiger partial charge in [0.05, 0.1) is 11.3 Å². The molecule has 0 aliphatic rings. The fourth-order valence-electron chi connectivity index (χ4n) is 1.74. The molecule has 0 bridgehead atoms. The second-order valence-corrected chi connectivity index (χ2v) is 5.96. The van der Waals surface area contributed by atoms with E-state index in [2.05, 4.69) is 26.2 Å². The molecule has 1 aromatic heterocycles. The van der Waals surface area contributed by atoms with Gasteiger partial charge in [-0.05, 0) is 53.5 Å². The van der Waals surface area contributed by atoms with Crippen molar-refractivity contribution >= 4 is 50.7 Å². The first-order valence-electron chi connectivity index (χ1n) is 5.78. The van der Waals surface area contributed by atoms with Crippen LogP contribution < -0.4 is 5.32 Å². The van der Waals surface area contributed by atoms with Crippen molar-refractivity contribution in [1.29, 1.82) is 0 Å². The number of anilines is 1. The van der Waals surface area contributed by atoms with Gasteiger partial charge in [0.25, 0.3) is 5.91 Å².